The Morgan fingerprint density at radius 1 is 1.00 bits per heavy atom. The molecule has 2 N–H and O–H groups in total. The number of fused-ring (bicyclic) bond motifs is 1. The smallest absolute Gasteiger partial charge is 0.221 e. The van der Waals surface area contributed by atoms with Gasteiger partial charge in [-0.2, -0.15) is 0 Å². The van der Waals surface area contributed by atoms with E-state index in [1.165, 1.54) is 0 Å². The highest BCUT2D eigenvalue weighted by atomic mass is 16.1. The van der Waals surface area contributed by atoms with Crippen molar-refractivity contribution in [2.24, 2.45) is 23.5 Å². The molecule has 0 bridgehead atoms. The van der Waals surface area contributed by atoms with Crippen LogP contribution < -0.4 is 5.73 Å². The molecule has 0 aromatic rings. The third-order valence-corrected chi connectivity index (χ3v) is 2.46. The van der Waals surface area contributed by atoms with Crippen molar-refractivity contribution in [3.8, 4) is 0 Å². The van der Waals surface area contributed by atoms with E-state index in [0.29, 0.717) is 11.8 Å². The molecule has 2 aliphatic carbocycles. The van der Waals surface area contributed by atoms with Crippen LogP contribution in [0.5, 0.6) is 0 Å². The zero-order valence-electron chi connectivity index (χ0n) is 6.68. The molecule has 1 amide bonds. The van der Waals surface area contributed by atoms with Gasteiger partial charge in [0.2, 0.25) is 5.91 Å². The number of carbonyl (C=O) groups is 1. The van der Waals surface area contributed by atoms with Gasteiger partial charge in [0.05, 0.1) is 5.92 Å². The third kappa shape index (κ3) is 1.09. The Balaban J connectivity index is 2.17. The van der Waals surface area contributed by atoms with Crippen molar-refractivity contribution in [1.82, 2.24) is 0 Å². The van der Waals surface area contributed by atoms with Crippen LogP contribution in [0.3, 0.4) is 0 Å². The number of allylic oxidation sites excluding steroid dienone is 6. The first-order valence-corrected chi connectivity index (χ1v) is 4.11. The van der Waals surface area contributed by atoms with Crippen molar-refractivity contribution in [2.75, 3.05) is 0 Å². The lowest BCUT2D eigenvalue weighted by atomic mass is 10.2. The molecule has 0 aromatic carbocycles. The largest absolute Gasteiger partial charge is 0.369 e. The van der Waals surface area contributed by atoms with E-state index < -0.39 is 0 Å². The predicted octanol–water partition coefficient (Wildman–Crippen LogP) is 1.02. The molecule has 0 aliphatic heterocycles. The van der Waals surface area contributed by atoms with E-state index in [1.807, 2.05) is 24.3 Å². The van der Waals surface area contributed by atoms with Gasteiger partial charge in [-0.1, -0.05) is 36.5 Å². The summed E-state index contributed by atoms with van der Waals surface area (Å²) in [6.07, 6.45) is 12.0. The van der Waals surface area contributed by atoms with Crippen LogP contribution >= 0.6 is 0 Å². The average molecular weight is 161 g/mol. The van der Waals surface area contributed by atoms with Gasteiger partial charge in [-0.15, -0.1) is 0 Å². The Hall–Kier alpha value is -1.31. The highest BCUT2D eigenvalue weighted by Gasteiger charge is 2.50. The number of carbonyl (C=O) groups excluding carboxylic acids is 1. The maximum atomic E-state index is 10.9. The van der Waals surface area contributed by atoms with Gasteiger partial charge in [0.1, 0.15) is 0 Å². The molecule has 1 fully saturated rings. The number of rotatable bonds is 1. The normalized spacial score (nSPS) is 44.8. The lowest BCUT2D eigenvalue weighted by molar-refractivity contribution is -0.119. The molecule has 2 aliphatic rings. The van der Waals surface area contributed by atoms with Crippen LogP contribution in [-0.4, -0.2) is 5.91 Å². The molecule has 0 aromatic heterocycles. The van der Waals surface area contributed by atoms with Gasteiger partial charge in [0, 0.05) is 0 Å². The third-order valence-electron chi connectivity index (χ3n) is 2.46. The van der Waals surface area contributed by atoms with Crippen molar-refractivity contribution in [1.29, 1.82) is 0 Å². The number of hydrogen-bond donors (Lipinski definition) is 1. The molecule has 1 saturated carbocycles. The molecular formula is C10H11NO. The minimum atomic E-state index is -0.179. The molecule has 2 unspecified atom stereocenters. The number of hydrogen-bond acceptors (Lipinski definition) is 1. The van der Waals surface area contributed by atoms with E-state index in [4.69, 9.17) is 5.73 Å². The van der Waals surface area contributed by atoms with Crippen molar-refractivity contribution < 1.29 is 4.79 Å². The zero-order valence-corrected chi connectivity index (χ0v) is 6.68. The molecule has 12 heavy (non-hydrogen) atoms. The zero-order chi connectivity index (χ0) is 8.55. The second-order valence-electron chi connectivity index (χ2n) is 3.24. The average Bonchev–Trinajstić information content (AvgIpc) is 2.60. The van der Waals surface area contributed by atoms with E-state index >= 15 is 0 Å². The summed E-state index contributed by atoms with van der Waals surface area (Å²) in [5.41, 5.74) is 5.23. The molecule has 0 spiro atoms. The van der Waals surface area contributed by atoms with Crippen molar-refractivity contribution >= 4 is 5.91 Å². The Labute approximate surface area is 71.4 Å². The van der Waals surface area contributed by atoms with E-state index in [9.17, 15) is 4.79 Å². The fourth-order valence-electron chi connectivity index (χ4n) is 1.75. The van der Waals surface area contributed by atoms with Crippen molar-refractivity contribution in [3.05, 3.63) is 36.5 Å². The van der Waals surface area contributed by atoms with Gasteiger partial charge in [-0.05, 0) is 11.8 Å². The number of primary amides is 1. The van der Waals surface area contributed by atoms with Crippen LogP contribution in [0.2, 0.25) is 0 Å². The number of nitrogens with two attached hydrogens (primary N) is 1. The Kier molecular flexibility index (Phi) is 1.61. The minimum Gasteiger partial charge on any atom is -0.369 e. The summed E-state index contributed by atoms with van der Waals surface area (Å²) >= 11 is 0. The van der Waals surface area contributed by atoms with Gasteiger partial charge < -0.3 is 5.73 Å². The van der Waals surface area contributed by atoms with E-state index in [1.54, 1.807) is 0 Å². The van der Waals surface area contributed by atoms with Crippen LogP contribution in [0.25, 0.3) is 0 Å². The summed E-state index contributed by atoms with van der Waals surface area (Å²) in [6, 6.07) is 0. The lowest BCUT2D eigenvalue weighted by Crippen LogP contribution is -2.14. The maximum Gasteiger partial charge on any atom is 0.221 e. The lowest BCUT2D eigenvalue weighted by Gasteiger charge is -1.85. The van der Waals surface area contributed by atoms with Gasteiger partial charge in [0.25, 0.3) is 0 Å². The fourth-order valence-corrected chi connectivity index (χ4v) is 1.75. The molecule has 0 heterocycles. The minimum absolute atomic E-state index is 0.0393. The molecule has 2 atom stereocenters. The van der Waals surface area contributed by atoms with E-state index in [0.717, 1.165) is 0 Å². The standard InChI is InChI=1S/C10H11NO/c11-10(12)9-7-5-3-1-2-4-6-8(7)9/h1-9H,(H2,11,12)/b2-1-,5-3-,6-4-. The molecular weight excluding hydrogens is 150 g/mol. The maximum absolute atomic E-state index is 10.9. The summed E-state index contributed by atoms with van der Waals surface area (Å²) in [5, 5.41) is 0. The summed E-state index contributed by atoms with van der Waals surface area (Å²) in [6.45, 7) is 0. The van der Waals surface area contributed by atoms with E-state index in [-0.39, 0.29) is 11.8 Å². The SMILES string of the molecule is NC(=O)C1C2\C=C/C=C\C=C/C21. The van der Waals surface area contributed by atoms with Crippen LogP contribution in [0, 0.1) is 17.8 Å². The molecule has 0 radical (unpaired) electrons. The summed E-state index contributed by atoms with van der Waals surface area (Å²) in [7, 11) is 0. The monoisotopic (exact) mass is 161 g/mol. The highest BCUT2D eigenvalue weighted by Crippen LogP contribution is 2.48. The quantitative estimate of drug-likeness (QED) is 0.613. The van der Waals surface area contributed by atoms with Gasteiger partial charge in [0.15, 0.2) is 0 Å². The first-order valence-electron chi connectivity index (χ1n) is 4.11. The molecule has 2 rings (SSSR count). The topological polar surface area (TPSA) is 43.1 Å². The van der Waals surface area contributed by atoms with Crippen molar-refractivity contribution in [2.45, 2.75) is 0 Å². The van der Waals surface area contributed by atoms with Crippen LogP contribution in [0.1, 0.15) is 0 Å². The fraction of sp³-hybridized carbons (Fsp3) is 0.300. The van der Waals surface area contributed by atoms with Gasteiger partial charge in [-0.3, -0.25) is 4.79 Å². The van der Waals surface area contributed by atoms with E-state index in [2.05, 4.69) is 12.2 Å². The highest BCUT2D eigenvalue weighted by molar-refractivity contribution is 5.81. The molecule has 0 saturated heterocycles. The van der Waals surface area contributed by atoms with Crippen LogP contribution in [0.4, 0.5) is 0 Å². The molecule has 62 valence electrons. The Morgan fingerprint density at radius 3 is 1.92 bits per heavy atom. The van der Waals surface area contributed by atoms with Crippen molar-refractivity contribution in [3.63, 3.8) is 0 Å². The first kappa shape index (κ1) is 7.35. The Morgan fingerprint density at radius 2 is 1.50 bits per heavy atom. The predicted molar refractivity (Wildman–Crippen MR) is 47.1 cm³/mol. The molecule has 2 nitrogen and oxygen atoms in total. The second kappa shape index (κ2) is 2.63. The summed E-state index contributed by atoms with van der Waals surface area (Å²) in [5.74, 6) is 0.561. The number of amides is 1. The van der Waals surface area contributed by atoms with Gasteiger partial charge >= 0.3 is 0 Å². The first-order chi connectivity index (χ1) is 5.80. The summed E-state index contributed by atoms with van der Waals surface area (Å²) < 4.78 is 0. The molecule has 2 heteroatoms. The second-order valence-corrected chi connectivity index (χ2v) is 3.24. The van der Waals surface area contributed by atoms with Crippen LogP contribution in [-0.2, 0) is 4.79 Å². The Bertz CT molecular complexity index is 266. The summed E-state index contributed by atoms with van der Waals surface area (Å²) in [4.78, 5) is 10.9. The van der Waals surface area contributed by atoms with Gasteiger partial charge in [-0.25, -0.2) is 0 Å². The van der Waals surface area contributed by atoms with Crippen LogP contribution in [0.15, 0.2) is 36.5 Å².